The van der Waals surface area contributed by atoms with Crippen LogP contribution in [0, 0.1) is 11.3 Å². The molecule has 6 rings (SSSR count). The SMILES string of the molecule is C=C(CO[C@@H]1O[C@H]([C@@H](CO)O[C@@H]2O[C@@H]([C@H](O)CO)[C@@H](O)[C@H]2O)[C@@H](O)[C@H]1O)C1CC[C@]2(C)C[C@@H](O[C@@H]3O[C@H]([C@@H](CO)O[C@@H]4O[C@@H]([C@H](O)CO)[C@@H](O)[C@H]4O)[C@@H](O)[C@H]3O)CC(C)=C2C1. The molecule has 0 aromatic heterocycles. The van der Waals surface area contributed by atoms with E-state index in [1.54, 1.807) is 0 Å². The second-order valence-electron chi connectivity index (χ2n) is 17.4. The fourth-order valence-electron chi connectivity index (χ4n) is 9.55. The van der Waals surface area contributed by atoms with Crippen molar-refractivity contribution in [3.05, 3.63) is 23.3 Å². The lowest BCUT2D eigenvalue weighted by Gasteiger charge is -2.47. The molecule has 14 N–H and O–H groups in total. The molecule has 5 fully saturated rings. The number of aliphatic hydroxyl groups is 14. The second kappa shape index (κ2) is 20.4. The molecule has 0 spiro atoms. The first-order chi connectivity index (χ1) is 28.9. The molecule has 22 nitrogen and oxygen atoms in total. The molecule has 0 radical (unpaired) electrons. The summed E-state index contributed by atoms with van der Waals surface area (Å²) in [6, 6.07) is 0. The van der Waals surface area contributed by atoms with Crippen molar-refractivity contribution in [1.29, 1.82) is 0 Å². The van der Waals surface area contributed by atoms with E-state index in [2.05, 4.69) is 13.5 Å². The standard InChI is InChI=1S/C39H64O22/c1-14-6-17(55-36-30(53)26(49)34(61-36)22(12-43)57-38-29(52)24(47)32(59-38)20(45)10-41)8-39(3)5-4-16(7-18(14)39)15(2)13-54-35-27(50)25(48)33(60-35)21(11-42)56-37-28(51)23(46)31(58-37)19(44)9-40/h16-17,19-38,40-53H,2,4-13H2,1,3H3/t16?,17-,19+,20+,21+,22+,23-,24-,25-,26-,27+,28+,29+,30+,31-,32-,33+,34+,35+,36+,37+,38+,39+/m0/s1. The molecule has 352 valence electrons. The average Bonchev–Trinajstić information content (AvgIpc) is 3.89. The lowest BCUT2D eigenvalue weighted by Crippen LogP contribution is -2.46. The number of hydrogen-bond acceptors (Lipinski definition) is 22. The van der Waals surface area contributed by atoms with E-state index < -0.39 is 155 Å². The molecular weight excluding hydrogens is 820 g/mol. The van der Waals surface area contributed by atoms with Crippen molar-refractivity contribution in [2.45, 2.75) is 175 Å². The molecule has 2 aliphatic carbocycles. The third-order valence-corrected chi connectivity index (χ3v) is 13.2. The van der Waals surface area contributed by atoms with E-state index in [1.165, 1.54) is 5.57 Å². The maximum atomic E-state index is 10.9. The number of allylic oxidation sites excluding steroid dienone is 1. The highest BCUT2D eigenvalue weighted by atomic mass is 16.8. The molecular formula is C39H64O22. The molecule has 4 saturated heterocycles. The van der Waals surface area contributed by atoms with Gasteiger partial charge in [-0.3, -0.25) is 0 Å². The summed E-state index contributed by atoms with van der Waals surface area (Å²) in [4.78, 5) is 0. The molecule has 22 heteroatoms. The van der Waals surface area contributed by atoms with Crippen LogP contribution in [-0.4, -0.2) is 233 Å². The van der Waals surface area contributed by atoms with Gasteiger partial charge in [0.05, 0.1) is 39.1 Å². The van der Waals surface area contributed by atoms with Gasteiger partial charge in [-0.15, -0.1) is 0 Å². The molecule has 1 saturated carbocycles. The van der Waals surface area contributed by atoms with Gasteiger partial charge in [-0.25, -0.2) is 0 Å². The highest BCUT2D eigenvalue weighted by molar-refractivity contribution is 5.29. The van der Waals surface area contributed by atoms with Gasteiger partial charge in [-0.05, 0) is 55.9 Å². The average molecular weight is 885 g/mol. The zero-order valence-corrected chi connectivity index (χ0v) is 34.0. The first-order valence-corrected chi connectivity index (χ1v) is 20.7. The largest absolute Gasteiger partial charge is 0.394 e. The Morgan fingerprint density at radius 1 is 0.639 bits per heavy atom. The van der Waals surface area contributed by atoms with Gasteiger partial charge in [0.25, 0.3) is 0 Å². The minimum absolute atomic E-state index is 0.0186. The fraction of sp³-hybridized carbons (Fsp3) is 0.897. The van der Waals surface area contributed by atoms with E-state index in [0.29, 0.717) is 31.3 Å². The van der Waals surface area contributed by atoms with Crippen LogP contribution in [0.25, 0.3) is 0 Å². The lowest BCUT2D eigenvalue weighted by atomic mass is 9.60. The Bertz CT molecular complexity index is 1490. The summed E-state index contributed by atoms with van der Waals surface area (Å²) in [5, 5.41) is 143. The van der Waals surface area contributed by atoms with Crippen LogP contribution in [0.5, 0.6) is 0 Å². The minimum Gasteiger partial charge on any atom is -0.394 e. The summed E-state index contributed by atoms with van der Waals surface area (Å²) in [7, 11) is 0. The zero-order chi connectivity index (χ0) is 44.7. The Labute approximate surface area is 351 Å². The van der Waals surface area contributed by atoms with Crippen LogP contribution in [0.2, 0.25) is 0 Å². The molecule has 0 aromatic carbocycles. The topological polar surface area (TPSA) is 357 Å². The van der Waals surface area contributed by atoms with Gasteiger partial charge in [0.15, 0.2) is 25.2 Å². The smallest absolute Gasteiger partial charge is 0.187 e. The Balaban J connectivity index is 1.000. The van der Waals surface area contributed by atoms with Crippen LogP contribution in [0.15, 0.2) is 23.3 Å². The van der Waals surface area contributed by atoms with Gasteiger partial charge in [-0.2, -0.15) is 0 Å². The summed E-state index contributed by atoms with van der Waals surface area (Å²) < 4.78 is 45.7. The number of hydrogen-bond donors (Lipinski definition) is 14. The Kier molecular flexibility index (Phi) is 16.4. The van der Waals surface area contributed by atoms with Gasteiger partial charge in [-0.1, -0.05) is 24.6 Å². The summed E-state index contributed by atoms with van der Waals surface area (Å²) >= 11 is 0. The predicted octanol–water partition coefficient (Wildman–Crippen LogP) is -5.89. The van der Waals surface area contributed by atoms with Crippen LogP contribution in [0.3, 0.4) is 0 Å². The Morgan fingerprint density at radius 2 is 1.08 bits per heavy atom. The van der Waals surface area contributed by atoms with Crippen LogP contribution in [0.4, 0.5) is 0 Å². The molecule has 61 heavy (non-hydrogen) atoms. The van der Waals surface area contributed by atoms with E-state index in [9.17, 15) is 71.5 Å². The maximum absolute atomic E-state index is 10.9. The van der Waals surface area contributed by atoms with Crippen molar-refractivity contribution < 1.29 is 109 Å². The number of aliphatic hydroxyl groups excluding tert-OH is 14. The Morgan fingerprint density at radius 3 is 1.57 bits per heavy atom. The predicted molar refractivity (Wildman–Crippen MR) is 200 cm³/mol. The maximum Gasteiger partial charge on any atom is 0.187 e. The molecule has 4 aliphatic heterocycles. The molecule has 23 atom stereocenters. The van der Waals surface area contributed by atoms with Crippen LogP contribution < -0.4 is 0 Å². The van der Waals surface area contributed by atoms with Crippen LogP contribution in [-0.2, 0) is 37.9 Å². The minimum atomic E-state index is -1.67. The van der Waals surface area contributed by atoms with Crippen molar-refractivity contribution in [1.82, 2.24) is 0 Å². The second-order valence-corrected chi connectivity index (χ2v) is 17.4. The highest BCUT2D eigenvalue weighted by Crippen LogP contribution is 2.53. The Hall–Kier alpha value is -1.40. The molecule has 4 heterocycles. The number of ether oxygens (including phenoxy) is 8. The van der Waals surface area contributed by atoms with E-state index in [4.69, 9.17) is 37.9 Å². The van der Waals surface area contributed by atoms with Crippen molar-refractivity contribution >= 4 is 0 Å². The molecule has 0 bridgehead atoms. The van der Waals surface area contributed by atoms with Crippen molar-refractivity contribution in [2.75, 3.05) is 33.0 Å². The third kappa shape index (κ3) is 10.1. The fourth-order valence-corrected chi connectivity index (χ4v) is 9.55. The van der Waals surface area contributed by atoms with E-state index in [0.717, 1.165) is 12.0 Å². The highest BCUT2D eigenvalue weighted by Gasteiger charge is 2.54. The van der Waals surface area contributed by atoms with Gasteiger partial charge in [0, 0.05) is 0 Å². The molecule has 6 aliphatic rings. The lowest BCUT2D eigenvalue weighted by molar-refractivity contribution is -0.249. The van der Waals surface area contributed by atoms with Gasteiger partial charge in [0.2, 0.25) is 0 Å². The van der Waals surface area contributed by atoms with E-state index in [-0.39, 0.29) is 17.9 Å². The van der Waals surface area contributed by atoms with E-state index >= 15 is 0 Å². The van der Waals surface area contributed by atoms with Gasteiger partial charge < -0.3 is 109 Å². The summed E-state index contributed by atoms with van der Waals surface area (Å²) in [5.74, 6) is -0.0186. The van der Waals surface area contributed by atoms with Gasteiger partial charge >= 0.3 is 0 Å². The normalized spacial score (nSPS) is 46.2. The number of rotatable bonds is 18. The summed E-state index contributed by atoms with van der Waals surface area (Å²) in [6.45, 7) is 5.29. The van der Waals surface area contributed by atoms with Crippen LogP contribution >= 0.6 is 0 Å². The van der Waals surface area contributed by atoms with Crippen molar-refractivity contribution in [3.8, 4) is 0 Å². The summed E-state index contributed by atoms with van der Waals surface area (Å²) in [6.07, 6.45) is -27.1. The van der Waals surface area contributed by atoms with Gasteiger partial charge in [0.1, 0.15) is 97.7 Å². The quantitative estimate of drug-likeness (QED) is 0.0570. The first kappa shape index (κ1) is 49.0. The zero-order valence-electron chi connectivity index (χ0n) is 34.0. The van der Waals surface area contributed by atoms with Crippen LogP contribution in [0.1, 0.15) is 46.0 Å². The van der Waals surface area contributed by atoms with Crippen molar-refractivity contribution in [2.24, 2.45) is 11.3 Å². The third-order valence-electron chi connectivity index (χ3n) is 13.2. The van der Waals surface area contributed by atoms with Crippen molar-refractivity contribution in [3.63, 3.8) is 0 Å². The molecule has 0 amide bonds. The monoisotopic (exact) mass is 884 g/mol. The molecule has 1 unspecified atom stereocenters. The molecule has 0 aromatic rings. The van der Waals surface area contributed by atoms with E-state index in [1.807, 2.05) is 6.92 Å². The first-order valence-electron chi connectivity index (χ1n) is 20.7. The number of fused-ring (bicyclic) bond motifs is 1. The summed E-state index contributed by atoms with van der Waals surface area (Å²) in [5.41, 5.74) is 2.67.